The molecule has 0 amide bonds. The second kappa shape index (κ2) is 4.82. The molecule has 0 heterocycles. The summed E-state index contributed by atoms with van der Waals surface area (Å²) in [6, 6.07) is 9.69. The van der Waals surface area contributed by atoms with Crippen LogP contribution in [-0.2, 0) is 6.42 Å². The lowest BCUT2D eigenvalue weighted by Crippen LogP contribution is -1.98. The summed E-state index contributed by atoms with van der Waals surface area (Å²) in [5.41, 5.74) is 3.54. The molecule has 0 aromatic heterocycles. The summed E-state index contributed by atoms with van der Waals surface area (Å²) >= 11 is 0. The van der Waals surface area contributed by atoms with Gasteiger partial charge in [-0.15, -0.1) is 0 Å². The first-order valence-corrected chi connectivity index (χ1v) is 7.38. The van der Waals surface area contributed by atoms with Crippen LogP contribution in [0.3, 0.4) is 0 Å². The fraction of sp³-hybridized carbons (Fsp3) is 0.278. The van der Waals surface area contributed by atoms with Crippen LogP contribution in [0.5, 0.6) is 11.5 Å². The largest absolute Gasteiger partial charge is 0.457 e. The Kier molecular flexibility index (Phi) is 2.91. The zero-order valence-electron chi connectivity index (χ0n) is 11.8. The van der Waals surface area contributed by atoms with Crippen molar-refractivity contribution in [2.75, 3.05) is 0 Å². The Morgan fingerprint density at radius 3 is 2.91 bits per heavy atom. The Bertz CT molecular complexity index is 809. The van der Waals surface area contributed by atoms with Crippen molar-refractivity contribution in [3.05, 3.63) is 58.4 Å². The van der Waals surface area contributed by atoms with Gasteiger partial charge < -0.3 is 9.84 Å². The average molecular weight is 295 g/mol. The molecule has 22 heavy (non-hydrogen) atoms. The minimum atomic E-state index is -0.528. The van der Waals surface area contributed by atoms with Crippen LogP contribution in [-0.4, -0.2) is 5.11 Å². The summed E-state index contributed by atoms with van der Waals surface area (Å²) in [6.45, 7) is 0. The van der Waals surface area contributed by atoms with Gasteiger partial charge in [-0.05, 0) is 54.5 Å². The number of hydrogen-bond donors (Lipinski definition) is 1. The molecule has 2 aliphatic carbocycles. The number of nitrogens with zero attached hydrogens (tertiary/aromatic N) is 1. The van der Waals surface area contributed by atoms with E-state index in [0.29, 0.717) is 11.7 Å². The molecule has 4 rings (SSSR count). The van der Waals surface area contributed by atoms with Gasteiger partial charge in [-0.2, -0.15) is 5.26 Å². The van der Waals surface area contributed by atoms with Gasteiger partial charge in [0.2, 0.25) is 0 Å². The molecule has 0 spiro atoms. The first-order chi connectivity index (χ1) is 10.7. The van der Waals surface area contributed by atoms with E-state index in [4.69, 9.17) is 10.00 Å². The van der Waals surface area contributed by atoms with Gasteiger partial charge in [0, 0.05) is 11.6 Å². The zero-order valence-corrected chi connectivity index (χ0v) is 11.8. The van der Waals surface area contributed by atoms with E-state index in [-0.39, 0.29) is 11.3 Å². The molecule has 0 bridgehead atoms. The number of aryl methyl sites for hydroxylation is 1. The van der Waals surface area contributed by atoms with E-state index in [1.807, 2.05) is 18.2 Å². The first kappa shape index (κ1) is 13.3. The van der Waals surface area contributed by atoms with E-state index in [9.17, 15) is 9.50 Å². The lowest BCUT2D eigenvalue weighted by molar-refractivity contribution is 0.169. The number of rotatable bonds is 2. The molecule has 110 valence electrons. The minimum absolute atomic E-state index is 0.214. The molecular weight excluding hydrogens is 281 g/mol. The highest BCUT2D eigenvalue weighted by atomic mass is 19.1. The monoisotopic (exact) mass is 295 g/mol. The maximum atomic E-state index is 13.5. The van der Waals surface area contributed by atoms with Crippen molar-refractivity contribution in [3.63, 3.8) is 0 Å². The van der Waals surface area contributed by atoms with E-state index >= 15 is 0 Å². The lowest BCUT2D eigenvalue weighted by Gasteiger charge is -2.14. The number of aliphatic hydroxyl groups excluding tert-OH is 1. The van der Waals surface area contributed by atoms with Crippen LogP contribution in [0.2, 0.25) is 0 Å². The molecule has 0 aliphatic heterocycles. The van der Waals surface area contributed by atoms with Gasteiger partial charge in [0.05, 0.1) is 17.7 Å². The second-order valence-electron chi connectivity index (χ2n) is 5.93. The normalized spacial score (nSPS) is 21.5. The van der Waals surface area contributed by atoms with Crippen molar-refractivity contribution in [1.29, 1.82) is 5.26 Å². The summed E-state index contributed by atoms with van der Waals surface area (Å²) in [5, 5.41) is 19.2. The van der Waals surface area contributed by atoms with Crippen LogP contribution in [0, 0.1) is 17.1 Å². The number of nitriles is 1. The third kappa shape index (κ3) is 1.98. The third-order valence-electron chi connectivity index (χ3n) is 4.58. The minimum Gasteiger partial charge on any atom is -0.457 e. The Morgan fingerprint density at radius 1 is 1.23 bits per heavy atom. The molecule has 2 aromatic carbocycles. The molecule has 0 saturated carbocycles. The Balaban J connectivity index is 1.77. The smallest absolute Gasteiger partial charge is 0.133 e. The summed E-state index contributed by atoms with van der Waals surface area (Å²) in [5.74, 6) is 0.738. The van der Waals surface area contributed by atoms with Crippen LogP contribution in [0.15, 0.2) is 30.3 Å². The fourth-order valence-corrected chi connectivity index (χ4v) is 3.70. The van der Waals surface area contributed by atoms with Gasteiger partial charge >= 0.3 is 0 Å². The summed E-state index contributed by atoms with van der Waals surface area (Å²) in [7, 11) is 0. The highest BCUT2D eigenvalue weighted by molar-refractivity contribution is 5.55. The molecule has 3 nitrogen and oxygen atoms in total. The van der Waals surface area contributed by atoms with Crippen LogP contribution >= 0.6 is 0 Å². The third-order valence-corrected chi connectivity index (χ3v) is 4.58. The molecular formula is C18H14FNO2. The second-order valence-corrected chi connectivity index (χ2v) is 5.93. The van der Waals surface area contributed by atoms with Gasteiger partial charge in [-0.25, -0.2) is 4.39 Å². The molecule has 2 atom stereocenters. The topological polar surface area (TPSA) is 53.2 Å². The molecule has 0 radical (unpaired) electrons. The van der Waals surface area contributed by atoms with Crippen molar-refractivity contribution in [2.24, 2.45) is 0 Å². The maximum absolute atomic E-state index is 13.5. The van der Waals surface area contributed by atoms with Gasteiger partial charge in [-0.3, -0.25) is 0 Å². The summed E-state index contributed by atoms with van der Waals surface area (Å²) in [6.07, 6.45) is 2.31. The van der Waals surface area contributed by atoms with E-state index < -0.39 is 11.9 Å². The lowest BCUT2D eigenvalue weighted by atomic mass is 10.0. The highest BCUT2D eigenvalue weighted by Crippen LogP contribution is 2.52. The van der Waals surface area contributed by atoms with E-state index in [1.54, 1.807) is 0 Å². The van der Waals surface area contributed by atoms with Crippen LogP contribution in [0.1, 0.15) is 47.1 Å². The van der Waals surface area contributed by atoms with Crippen molar-refractivity contribution in [2.45, 2.75) is 31.3 Å². The number of aliphatic hydroxyl groups is 1. The maximum Gasteiger partial charge on any atom is 0.133 e. The van der Waals surface area contributed by atoms with Gasteiger partial charge in [0.1, 0.15) is 17.3 Å². The van der Waals surface area contributed by atoms with Crippen LogP contribution in [0.4, 0.5) is 4.39 Å². The van der Waals surface area contributed by atoms with Crippen LogP contribution in [0.25, 0.3) is 0 Å². The van der Waals surface area contributed by atoms with Crippen LogP contribution < -0.4 is 4.74 Å². The van der Waals surface area contributed by atoms with E-state index in [0.717, 1.165) is 24.8 Å². The van der Waals surface area contributed by atoms with E-state index in [2.05, 4.69) is 0 Å². The fourth-order valence-electron chi connectivity index (χ4n) is 3.70. The molecule has 2 aliphatic rings. The van der Waals surface area contributed by atoms with Crippen molar-refractivity contribution in [3.8, 4) is 17.6 Å². The number of benzene rings is 2. The zero-order chi connectivity index (χ0) is 15.3. The molecule has 1 N–H and O–H groups in total. The van der Waals surface area contributed by atoms with Crippen molar-refractivity contribution < 1.29 is 14.2 Å². The summed E-state index contributed by atoms with van der Waals surface area (Å²) in [4.78, 5) is 0. The number of halogens is 1. The van der Waals surface area contributed by atoms with Gasteiger partial charge in [-0.1, -0.05) is 6.07 Å². The van der Waals surface area contributed by atoms with Gasteiger partial charge in [0.15, 0.2) is 0 Å². The van der Waals surface area contributed by atoms with Crippen molar-refractivity contribution in [1.82, 2.24) is 0 Å². The Morgan fingerprint density at radius 2 is 2.09 bits per heavy atom. The SMILES string of the molecule is N#Cc1cc(F)cc(Oc2ccc3c4c2C(O)CC4CC3)c1. The highest BCUT2D eigenvalue weighted by Gasteiger charge is 2.37. The first-order valence-electron chi connectivity index (χ1n) is 7.38. The predicted molar refractivity (Wildman–Crippen MR) is 78.3 cm³/mol. The number of hydrogen-bond acceptors (Lipinski definition) is 3. The van der Waals surface area contributed by atoms with Gasteiger partial charge in [0.25, 0.3) is 0 Å². The molecule has 2 aromatic rings. The summed E-state index contributed by atoms with van der Waals surface area (Å²) < 4.78 is 19.3. The molecule has 0 saturated heterocycles. The Hall–Kier alpha value is -2.38. The molecule has 0 fully saturated rings. The average Bonchev–Trinajstić information content (AvgIpc) is 3.04. The Labute approximate surface area is 127 Å². The predicted octanol–water partition coefficient (Wildman–Crippen LogP) is 3.96. The molecule has 2 unspecified atom stereocenters. The van der Waals surface area contributed by atoms with Crippen molar-refractivity contribution >= 4 is 0 Å². The standard InChI is InChI=1S/C18H14FNO2/c19-13-5-10(9-20)6-14(8-13)22-16-4-3-11-1-2-12-7-15(21)18(16)17(11)12/h3-6,8,12,15,21H,1-2,7H2. The van der Waals surface area contributed by atoms with E-state index in [1.165, 1.54) is 29.3 Å². The quantitative estimate of drug-likeness (QED) is 0.912. The molecule has 4 heteroatoms. The number of ether oxygens (including phenoxy) is 1.